The van der Waals surface area contributed by atoms with Crippen molar-refractivity contribution in [3.8, 4) is 0 Å². The molecule has 0 amide bonds. The summed E-state index contributed by atoms with van der Waals surface area (Å²) in [4.78, 5) is 0. The number of aliphatic hydroxyl groups excluding tert-OH is 1. The van der Waals surface area contributed by atoms with Gasteiger partial charge < -0.3 is 10.8 Å². The van der Waals surface area contributed by atoms with Crippen molar-refractivity contribution in [3.05, 3.63) is 35.1 Å². The summed E-state index contributed by atoms with van der Waals surface area (Å²) in [5.74, 6) is -1.44. The van der Waals surface area contributed by atoms with Crippen molar-refractivity contribution < 1.29 is 22.7 Å². The number of hydrogen-bond acceptors (Lipinski definition) is 2. The lowest BCUT2D eigenvalue weighted by Crippen LogP contribution is -2.38. The van der Waals surface area contributed by atoms with Crippen LogP contribution in [-0.4, -0.2) is 11.7 Å². The van der Waals surface area contributed by atoms with Crippen LogP contribution >= 0.6 is 0 Å². The third-order valence-corrected chi connectivity index (χ3v) is 2.25. The van der Waals surface area contributed by atoms with Crippen LogP contribution in [0.4, 0.5) is 17.6 Å². The Labute approximate surface area is 89.7 Å². The molecule has 0 bridgehead atoms. The van der Waals surface area contributed by atoms with Crippen molar-refractivity contribution in [2.75, 3.05) is 6.61 Å². The van der Waals surface area contributed by atoms with Crippen molar-refractivity contribution in [1.29, 1.82) is 0 Å². The van der Waals surface area contributed by atoms with Gasteiger partial charge in [0.15, 0.2) is 0 Å². The Morgan fingerprint density at radius 1 is 1.25 bits per heavy atom. The van der Waals surface area contributed by atoms with Crippen molar-refractivity contribution in [3.63, 3.8) is 0 Å². The lowest BCUT2D eigenvalue weighted by Gasteiger charge is -2.24. The molecule has 1 rings (SSSR count). The summed E-state index contributed by atoms with van der Waals surface area (Å²) in [6, 6.07) is 2.81. The van der Waals surface area contributed by atoms with Gasteiger partial charge in [0.05, 0.1) is 17.7 Å². The molecular formula is C10H11F4NO. The van der Waals surface area contributed by atoms with Crippen molar-refractivity contribution in [2.24, 2.45) is 5.73 Å². The molecule has 6 heteroatoms. The van der Waals surface area contributed by atoms with E-state index in [-0.39, 0.29) is 5.56 Å². The zero-order chi connectivity index (χ0) is 12.6. The van der Waals surface area contributed by atoms with Gasteiger partial charge in [0.25, 0.3) is 0 Å². The SMILES string of the molecule is CC(N)(CO)c1cccc(C(F)(F)F)c1F. The van der Waals surface area contributed by atoms with Crippen LogP contribution in [0.2, 0.25) is 0 Å². The molecule has 3 N–H and O–H groups in total. The van der Waals surface area contributed by atoms with Crippen molar-refractivity contribution in [1.82, 2.24) is 0 Å². The predicted molar refractivity (Wildman–Crippen MR) is 50.0 cm³/mol. The number of aliphatic hydroxyl groups is 1. The maximum Gasteiger partial charge on any atom is 0.419 e. The Bertz CT molecular complexity index is 387. The summed E-state index contributed by atoms with van der Waals surface area (Å²) in [7, 11) is 0. The molecule has 1 atom stereocenters. The number of rotatable bonds is 2. The van der Waals surface area contributed by atoms with Crippen LogP contribution in [0.1, 0.15) is 18.1 Å². The molecule has 0 fully saturated rings. The first-order valence-corrected chi connectivity index (χ1v) is 4.46. The van der Waals surface area contributed by atoms with E-state index in [0.717, 1.165) is 12.1 Å². The fraction of sp³-hybridized carbons (Fsp3) is 0.400. The number of halogens is 4. The number of hydrogen-bond donors (Lipinski definition) is 2. The third kappa shape index (κ3) is 2.33. The van der Waals surface area contributed by atoms with Crippen LogP contribution < -0.4 is 5.73 Å². The first-order valence-electron chi connectivity index (χ1n) is 4.46. The Hall–Kier alpha value is -1.14. The highest BCUT2D eigenvalue weighted by atomic mass is 19.4. The normalized spacial score (nSPS) is 15.9. The molecule has 0 radical (unpaired) electrons. The maximum atomic E-state index is 13.5. The van der Waals surface area contributed by atoms with Crippen LogP contribution in [0.15, 0.2) is 18.2 Å². The Morgan fingerprint density at radius 3 is 2.19 bits per heavy atom. The molecule has 0 aliphatic heterocycles. The maximum absolute atomic E-state index is 13.5. The summed E-state index contributed by atoms with van der Waals surface area (Å²) in [6.07, 6.45) is -4.77. The molecule has 0 aliphatic carbocycles. The van der Waals surface area contributed by atoms with Gasteiger partial charge in [-0.1, -0.05) is 12.1 Å². The largest absolute Gasteiger partial charge is 0.419 e. The first-order chi connectivity index (χ1) is 7.20. The van der Waals surface area contributed by atoms with Crippen molar-refractivity contribution >= 4 is 0 Å². The van der Waals surface area contributed by atoms with E-state index in [4.69, 9.17) is 10.8 Å². The van der Waals surface area contributed by atoms with E-state index >= 15 is 0 Å². The fourth-order valence-electron chi connectivity index (χ4n) is 1.28. The quantitative estimate of drug-likeness (QED) is 0.773. The van der Waals surface area contributed by atoms with Gasteiger partial charge >= 0.3 is 6.18 Å². The highest BCUT2D eigenvalue weighted by molar-refractivity contribution is 5.32. The Kier molecular flexibility index (Phi) is 3.25. The molecule has 0 heterocycles. The minimum Gasteiger partial charge on any atom is -0.394 e. The standard InChI is InChI=1S/C10H11F4NO/c1-9(15,5-16)6-3-2-4-7(8(6)11)10(12,13)14/h2-4,16H,5,15H2,1H3. The van der Waals surface area contributed by atoms with Crippen molar-refractivity contribution in [2.45, 2.75) is 18.6 Å². The predicted octanol–water partition coefficient (Wildman–Crippen LogP) is 2.01. The second-order valence-electron chi connectivity index (χ2n) is 3.74. The highest BCUT2D eigenvalue weighted by Gasteiger charge is 2.37. The smallest absolute Gasteiger partial charge is 0.394 e. The second kappa shape index (κ2) is 4.03. The summed E-state index contributed by atoms with van der Waals surface area (Å²) in [5, 5.41) is 8.89. The van der Waals surface area contributed by atoms with E-state index in [1.165, 1.54) is 6.92 Å². The first kappa shape index (κ1) is 12.9. The molecule has 0 saturated heterocycles. The van der Waals surface area contributed by atoms with Gasteiger partial charge in [-0.25, -0.2) is 4.39 Å². The van der Waals surface area contributed by atoms with Gasteiger partial charge in [0, 0.05) is 5.56 Å². The van der Waals surface area contributed by atoms with E-state index in [2.05, 4.69) is 0 Å². The number of benzene rings is 1. The Morgan fingerprint density at radius 2 is 1.75 bits per heavy atom. The van der Waals surface area contributed by atoms with E-state index in [9.17, 15) is 17.6 Å². The number of nitrogens with two attached hydrogens (primary N) is 1. The topological polar surface area (TPSA) is 46.2 Å². The fourth-order valence-corrected chi connectivity index (χ4v) is 1.28. The molecule has 0 spiro atoms. The third-order valence-electron chi connectivity index (χ3n) is 2.25. The van der Waals surface area contributed by atoms with Crippen LogP contribution in [0.3, 0.4) is 0 Å². The van der Waals surface area contributed by atoms with E-state index < -0.39 is 29.7 Å². The van der Waals surface area contributed by atoms with E-state index in [1.54, 1.807) is 0 Å². The van der Waals surface area contributed by atoms with Gasteiger partial charge in [-0.15, -0.1) is 0 Å². The lowest BCUT2D eigenvalue weighted by atomic mass is 9.92. The minimum absolute atomic E-state index is 0.357. The van der Waals surface area contributed by atoms with E-state index in [1.807, 2.05) is 0 Å². The zero-order valence-corrected chi connectivity index (χ0v) is 8.48. The van der Waals surface area contributed by atoms with Crippen LogP contribution in [0.25, 0.3) is 0 Å². The molecule has 90 valence electrons. The molecule has 0 saturated carbocycles. The molecule has 0 aromatic heterocycles. The molecule has 2 nitrogen and oxygen atoms in total. The van der Waals surface area contributed by atoms with E-state index in [0.29, 0.717) is 6.07 Å². The lowest BCUT2D eigenvalue weighted by molar-refractivity contribution is -0.140. The second-order valence-corrected chi connectivity index (χ2v) is 3.74. The van der Waals surface area contributed by atoms with Gasteiger partial charge in [0.2, 0.25) is 0 Å². The van der Waals surface area contributed by atoms with Gasteiger partial charge in [-0.05, 0) is 13.0 Å². The van der Waals surface area contributed by atoms with Crippen LogP contribution in [0, 0.1) is 5.82 Å². The average molecular weight is 237 g/mol. The molecule has 16 heavy (non-hydrogen) atoms. The summed E-state index contributed by atoms with van der Waals surface area (Å²) in [5.41, 5.74) is 2.22. The number of alkyl halides is 3. The minimum atomic E-state index is -4.77. The monoisotopic (exact) mass is 237 g/mol. The van der Waals surface area contributed by atoms with Gasteiger partial charge in [-0.3, -0.25) is 0 Å². The summed E-state index contributed by atoms with van der Waals surface area (Å²) < 4.78 is 50.7. The summed E-state index contributed by atoms with van der Waals surface area (Å²) >= 11 is 0. The molecule has 1 aromatic rings. The molecule has 0 aliphatic rings. The molecular weight excluding hydrogens is 226 g/mol. The Balaban J connectivity index is 3.36. The highest BCUT2D eigenvalue weighted by Crippen LogP contribution is 2.34. The van der Waals surface area contributed by atoms with Crippen LogP contribution in [0.5, 0.6) is 0 Å². The molecule has 1 aromatic carbocycles. The summed E-state index contributed by atoms with van der Waals surface area (Å²) in [6.45, 7) is 0.608. The average Bonchev–Trinajstić information content (AvgIpc) is 2.16. The van der Waals surface area contributed by atoms with Crippen LogP contribution in [-0.2, 0) is 11.7 Å². The zero-order valence-electron chi connectivity index (χ0n) is 8.48. The molecule has 1 unspecified atom stereocenters. The van der Waals surface area contributed by atoms with Gasteiger partial charge in [-0.2, -0.15) is 13.2 Å². The van der Waals surface area contributed by atoms with Gasteiger partial charge in [0.1, 0.15) is 5.82 Å².